The summed E-state index contributed by atoms with van der Waals surface area (Å²) in [6, 6.07) is 0. The summed E-state index contributed by atoms with van der Waals surface area (Å²) < 4.78 is 0. The Labute approximate surface area is 126 Å². The maximum absolute atomic E-state index is 11.7. The zero-order valence-electron chi connectivity index (χ0n) is 12.8. The summed E-state index contributed by atoms with van der Waals surface area (Å²) in [6.45, 7) is 2.19. The monoisotopic (exact) mass is 290 g/mol. The van der Waals surface area contributed by atoms with Crippen molar-refractivity contribution in [3.63, 3.8) is 0 Å². The van der Waals surface area contributed by atoms with E-state index in [2.05, 4.69) is 6.92 Å². The van der Waals surface area contributed by atoms with E-state index < -0.39 is 0 Å². The van der Waals surface area contributed by atoms with Crippen LogP contribution in [0.5, 0.6) is 0 Å². The smallest absolute Gasteiger partial charge is 0.155 e. The molecule has 7 atom stereocenters. The van der Waals surface area contributed by atoms with Gasteiger partial charge in [0.05, 0.1) is 12.2 Å². The Bertz CT molecular complexity index is 497. The van der Waals surface area contributed by atoms with E-state index in [-0.39, 0.29) is 23.4 Å². The second-order valence-electron chi connectivity index (χ2n) is 8.09. The Kier molecular flexibility index (Phi) is 3.10. The van der Waals surface area contributed by atoms with E-state index in [0.717, 1.165) is 38.5 Å². The molecule has 0 aromatic carbocycles. The number of rotatable bonds is 0. The first-order valence-corrected chi connectivity index (χ1v) is 8.60. The van der Waals surface area contributed by atoms with E-state index in [1.165, 1.54) is 5.57 Å². The summed E-state index contributed by atoms with van der Waals surface area (Å²) in [5, 5.41) is 21.2. The minimum absolute atomic E-state index is 0.0910. The van der Waals surface area contributed by atoms with Crippen molar-refractivity contribution < 1.29 is 15.0 Å². The van der Waals surface area contributed by atoms with E-state index in [4.69, 9.17) is 0 Å². The molecule has 0 aromatic rings. The molecule has 0 aromatic heterocycles. The summed E-state index contributed by atoms with van der Waals surface area (Å²) in [5.41, 5.74) is 1.21. The van der Waals surface area contributed by atoms with Gasteiger partial charge in [-0.15, -0.1) is 0 Å². The number of aliphatic hydroxyl groups is 2. The lowest BCUT2D eigenvalue weighted by atomic mass is 9.51. The van der Waals surface area contributed by atoms with Crippen LogP contribution in [-0.2, 0) is 4.79 Å². The Morgan fingerprint density at radius 2 is 1.95 bits per heavy atom. The quantitative estimate of drug-likeness (QED) is 0.720. The van der Waals surface area contributed by atoms with E-state index in [0.29, 0.717) is 30.1 Å². The molecular weight excluding hydrogens is 264 g/mol. The normalized spacial score (nSPS) is 52.7. The van der Waals surface area contributed by atoms with E-state index in [9.17, 15) is 15.0 Å². The predicted molar refractivity (Wildman–Crippen MR) is 79.5 cm³/mol. The summed E-state index contributed by atoms with van der Waals surface area (Å²) in [5.74, 6) is 2.10. The first-order chi connectivity index (χ1) is 10.0. The zero-order valence-corrected chi connectivity index (χ0v) is 12.8. The fourth-order valence-corrected chi connectivity index (χ4v) is 6.23. The number of hydrogen-bond acceptors (Lipinski definition) is 3. The number of ketones is 1. The van der Waals surface area contributed by atoms with Gasteiger partial charge >= 0.3 is 0 Å². The van der Waals surface area contributed by atoms with Gasteiger partial charge in [0.15, 0.2) is 5.78 Å². The van der Waals surface area contributed by atoms with E-state index in [1.54, 1.807) is 0 Å². The molecule has 3 nitrogen and oxygen atoms in total. The van der Waals surface area contributed by atoms with Crippen molar-refractivity contribution >= 4 is 5.78 Å². The minimum atomic E-state index is -0.314. The molecule has 3 heteroatoms. The van der Waals surface area contributed by atoms with Crippen LogP contribution in [0.3, 0.4) is 0 Å². The van der Waals surface area contributed by atoms with Crippen LogP contribution in [0.25, 0.3) is 0 Å². The highest BCUT2D eigenvalue weighted by Crippen LogP contribution is 2.61. The van der Waals surface area contributed by atoms with Crippen LogP contribution in [0.1, 0.15) is 51.9 Å². The largest absolute Gasteiger partial charge is 0.393 e. The van der Waals surface area contributed by atoms with Gasteiger partial charge in [-0.1, -0.05) is 12.5 Å². The molecule has 116 valence electrons. The number of fused-ring (bicyclic) bond motifs is 5. The summed E-state index contributed by atoms with van der Waals surface area (Å²) in [7, 11) is 0. The highest BCUT2D eigenvalue weighted by Gasteiger charge is 2.58. The Hall–Kier alpha value is -0.670. The maximum atomic E-state index is 11.7. The lowest BCUT2D eigenvalue weighted by Crippen LogP contribution is -2.53. The van der Waals surface area contributed by atoms with Crippen LogP contribution in [0.2, 0.25) is 0 Å². The van der Waals surface area contributed by atoms with Gasteiger partial charge in [0, 0.05) is 6.42 Å². The minimum Gasteiger partial charge on any atom is -0.393 e. The first-order valence-electron chi connectivity index (χ1n) is 8.60. The molecule has 4 aliphatic rings. The third-order valence-electron chi connectivity index (χ3n) is 7.22. The Morgan fingerprint density at radius 1 is 1.14 bits per heavy atom. The Morgan fingerprint density at radius 3 is 2.76 bits per heavy atom. The molecule has 7 unspecified atom stereocenters. The fourth-order valence-electron chi connectivity index (χ4n) is 6.23. The number of aliphatic hydroxyl groups excluding tert-OH is 2. The molecule has 4 aliphatic carbocycles. The lowest BCUT2D eigenvalue weighted by Gasteiger charge is -2.55. The summed E-state index contributed by atoms with van der Waals surface area (Å²) in [4.78, 5) is 11.7. The van der Waals surface area contributed by atoms with Crippen molar-refractivity contribution in [3.05, 3.63) is 11.6 Å². The summed E-state index contributed by atoms with van der Waals surface area (Å²) in [6.07, 6.45) is 7.72. The van der Waals surface area contributed by atoms with Gasteiger partial charge in [0.2, 0.25) is 0 Å². The molecule has 21 heavy (non-hydrogen) atoms. The van der Waals surface area contributed by atoms with Gasteiger partial charge in [0.25, 0.3) is 0 Å². The standard InChI is InChI=1S/C18H26O3/c1-18-9-15(20)17-12-5-3-11(19)8-10(12)2-4-13(17)14(18)6-7-16(18)21/h8,12-17,20-21H,2-7,9H2,1H3. The first kappa shape index (κ1) is 14.0. The van der Waals surface area contributed by atoms with Crippen molar-refractivity contribution in [3.8, 4) is 0 Å². The van der Waals surface area contributed by atoms with Crippen molar-refractivity contribution in [1.82, 2.24) is 0 Å². The van der Waals surface area contributed by atoms with E-state index >= 15 is 0 Å². The molecule has 0 amide bonds. The van der Waals surface area contributed by atoms with Gasteiger partial charge in [-0.05, 0) is 73.7 Å². The van der Waals surface area contributed by atoms with Gasteiger partial charge < -0.3 is 10.2 Å². The van der Waals surface area contributed by atoms with Crippen LogP contribution in [-0.4, -0.2) is 28.2 Å². The molecule has 3 fully saturated rings. The SMILES string of the molecule is CC12CC(O)C3C4CCC(=O)C=C4CCC3C1CCC2O. The third-order valence-corrected chi connectivity index (χ3v) is 7.22. The molecule has 2 N–H and O–H groups in total. The van der Waals surface area contributed by atoms with Gasteiger partial charge in [-0.25, -0.2) is 0 Å². The van der Waals surface area contributed by atoms with Gasteiger partial charge in [0.1, 0.15) is 0 Å². The van der Waals surface area contributed by atoms with Crippen molar-refractivity contribution in [2.45, 2.75) is 64.1 Å². The number of carbonyl (C=O) groups is 1. The molecule has 0 aliphatic heterocycles. The number of hydrogen-bond donors (Lipinski definition) is 2. The number of carbonyl (C=O) groups excluding carboxylic acids is 1. The van der Waals surface area contributed by atoms with Crippen LogP contribution >= 0.6 is 0 Å². The highest BCUT2D eigenvalue weighted by atomic mass is 16.3. The van der Waals surface area contributed by atoms with Crippen LogP contribution in [0.15, 0.2) is 11.6 Å². The fraction of sp³-hybridized carbons (Fsp3) is 0.833. The molecule has 4 rings (SSSR count). The summed E-state index contributed by atoms with van der Waals surface area (Å²) >= 11 is 0. The molecular formula is C18H26O3. The van der Waals surface area contributed by atoms with Crippen molar-refractivity contribution in [1.29, 1.82) is 0 Å². The molecule has 0 saturated heterocycles. The molecule has 3 saturated carbocycles. The Balaban J connectivity index is 1.68. The van der Waals surface area contributed by atoms with Crippen molar-refractivity contribution in [2.24, 2.45) is 29.1 Å². The molecule has 0 bridgehead atoms. The molecule has 0 spiro atoms. The van der Waals surface area contributed by atoms with Crippen LogP contribution in [0, 0.1) is 29.1 Å². The van der Waals surface area contributed by atoms with Crippen molar-refractivity contribution in [2.75, 3.05) is 0 Å². The van der Waals surface area contributed by atoms with E-state index in [1.807, 2.05) is 6.08 Å². The van der Waals surface area contributed by atoms with Gasteiger partial charge in [-0.3, -0.25) is 4.79 Å². The second-order valence-corrected chi connectivity index (χ2v) is 8.09. The topological polar surface area (TPSA) is 57.5 Å². The second kappa shape index (κ2) is 4.66. The average molecular weight is 290 g/mol. The predicted octanol–water partition coefficient (Wildman–Crippen LogP) is 2.46. The lowest BCUT2D eigenvalue weighted by molar-refractivity contribution is -0.125. The van der Waals surface area contributed by atoms with Gasteiger partial charge in [-0.2, -0.15) is 0 Å². The van der Waals surface area contributed by atoms with Crippen LogP contribution in [0.4, 0.5) is 0 Å². The average Bonchev–Trinajstić information content (AvgIpc) is 2.74. The maximum Gasteiger partial charge on any atom is 0.155 e. The highest BCUT2D eigenvalue weighted by molar-refractivity contribution is 5.91. The number of allylic oxidation sites excluding steroid dienone is 1. The van der Waals surface area contributed by atoms with Crippen LogP contribution < -0.4 is 0 Å². The molecule has 0 radical (unpaired) electrons. The molecule has 0 heterocycles. The third kappa shape index (κ3) is 1.90. The zero-order chi connectivity index (χ0) is 14.8.